The Morgan fingerprint density at radius 2 is 1.08 bits per heavy atom. The van der Waals surface area contributed by atoms with E-state index in [-0.39, 0.29) is 43.1 Å². The summed E-state index contributed by atoms with van der Waals surface area (Å²) < 4.78 is 4.58. The Labute approximate surface area is 403 Å². The van der Waals surface area contributed by atoms with Gasteiger partial charge in [-0.2, -0.15) is 0 Å². The Morgan fingerprint density at radius 1 is 0.500 bits per heavy atom. The number of pyridine rings is 1. The molecule has 5 nitrogen and oxygen atoms in total. The second kappa shape index (κ2) is 16.7. The van der Waals surface area contributed by atoms with Crippen molar-refractivity contribution in [1.29, 1.82) is 0 Å². The van der Waals surface area contributed by atoms with E-state index >= 15 is 0 Å². The van der Waals surface area contributed by atoms with Crippen molar-refractivity contribution in [2.24, 2.45) is 0 Å². The van der Waals surface area contributed by atoms with Crippen LogP contribution in [0.2, 0.25) is 0 Å². The molecule has 0 saturated carbocycles. The molecule has 0 aliphatic carbocycles. The van der Waals surface area contributed by atoms with Crippen molar-refractivity contribution in [2.75, 3.05) is 0 Å². The summed E-state index contributed by atoms with van der Waals surface area (Å²) in [4.78, 5) is 10.6. The van der Waals surface area contributed by atoms with Gasteiger partial charge in [-0.05, 0) is 75.9 Å². The number of hydrogen-bond acceptors (Lipinski definition) is 3. The maximum absolute atomic E-state index is 12.2. The molecule has 0 saturated heterocycles. The van der Waals surface area contributed by atoms with Crippen molar-refractivity contribution in [2.45, 2.75) is 78.6 Å². The minimum absolute atomic E-state index is 0. The molecule has 0 unspecified atom stereocenters. The number of para-hydroxylation sites is 5. The molecule has 6 heteroatoms. The quantitative estimate of drug-likeness (QED) is 0.169. The molecule has 66 heavy (non-hydrogen) atoms. The number of hydrogen-bond donors (Lipinski definition) is 1. The number of fused-ring (bicyclic) bond motifs is 4. The summed E-state index contributed by atoms with van der Waals surface area (Å²) in [5, 5.41) is 14.7. The van der Waals surface area contributed by atoms with Crippen molar-refractivity contribution in [3.8, 4) is 62.0 Å². The van der Waals surface area contributed by atoms with E-state index in [1.807, 2.05) is 12.3 Å². The first-order chi connectivity index (χ1) is 31.1. The fourth-order valence-corrected chi connectivity index (χ4v) is 9.27. The molecule has 0 bridgehead atoms. The molecule has 3 aromatic heterocycles. The molecule has 1 N–H and O–H groups in total. The van der Waals surface area contributed by atoms with Gasteiger partial charge in [-0.25, -0.2) is 4.98 Å². The van der Waals surface area contributed by atoms with E-state index < -0.39 is 0 Å². The van der Waals surface area contributed by atoms with E-state index in [9.17, 15) is 5.11 Å². The van der Waals surface area contributed by atoms with Gasteiger partial charge in [0.1, 0.15) is 11.6 Å². The first kappa shape index (κ1) is 44.6. The third-order valence-corrected chi connectivity index (χ3v) is 12.8. The summed E-state index contributed by atoms with van der Waals surface area (Å²) in [5.74, 6) is 0.949. The zero-order valence-corrected chi connectivity index (χ0v) is 41.4. The molecule has 0 amide bonds. The number of rotatable bonds is 6. The van der Waals surface area contributed by atoms with Gasteiger partial charge < -0.3 is 9.67 Å². The molecule has 10 rings (SSSR count). The second-order valence-electron chi connectivity index (χ2n) is 20.5. The van der Waals surface area contributed by atoms with Gasteiger partial charge in [0, 0.05) is 66.2 Å². The van der Waals surface area contributed by atoms with Gasteiger partial charge in [0.15, 0.2) is 0 Å². The Morgan fingerprint density at radius 3 is 1.76 bits per heavy atom. The summed E-state index contributed by atoms with van der Waals surface area (Å²) in [6, 6.07) is 59.6. The molecular weight excluding hydrogens is 988 g/mol. The van der Waals surface area contributed by atoms with E-state index in [0.29, 0.717) is 11.4 Å². The average molecular weight is 1040 g/mol. The summed E-state index contributed by atoms with van der Waals surface area (Å²) >= 11 is 0. The summed E-state index contributed by atoms with van der Waals surface area (Å²) in [7, 11) is 0. The smallest absolute Gasteiger partial charge is 0.148 e. The standard InChI is InChI=1S/C60H55N4O.Pt/c1-58(2,3)41-33-39(32-40(34-41)51-35-38(30-31-61-51)46-26-18-27-48-47-24-16-17-28-52(47)63(55(46)48)43-20-12-10-13-21-43)45-25-19-29-53-54(45)62-57(64(53)44-22-14-11-15-23-44)49-36-42(59(4,5)6)37-50(56(49)65)60(7,8)9;/h10-31,33-37,65H,1-9H3;/q-1;. The largest absolute Gasteiger partial charge is 0.507 e. The third-order valence-electron chi connectivity index (χ3n) is 12.8. The normalized spacial score (nSPS) is 12.3. The van der Waals surface area contributed by atoms with Crippen LogP contribution in [0.1, 0.15) is 79.0 Å². The predicted octanol–water partition coefficient (Wildman–Crippen LogP) is 15.6. The molecule has 0 radical (unpaired) electrons. The van der Waals surface area contributed by atoms with Crippen molar-refractivity contribution < 1.29 is 26.2 Å². The van der Waals surface area contributed by atoms with Gasteiger partial charge in [0.2, 0.25) is 0 Å². The van der Waals surface area contributed by atoms with E-state index in [2.05, 4.69) is 229 Å². The Kier molecular flexibility index (Phi) is 11.3. The SMILES string of the molecule is CC(C)(C)c1cc(-c2cc(-c3cccc4c5ccccc5n(-c5ccccc5)c34)ccn2)[c-]c(-c2cccc3c2nc(-c2cc(C(C)(C)C)cc(C(C)(C)C)c2O)n3-c2ccccc2)c1.[Pt]. The minimum atomic E-state index is -0.300. The molecule has 0 aliphatic heterocycles. The van der Waals surface area contributed by atoms with Crippen LogP contribution < -0.4 is 0 Å². The number of benzene rings is 7. The first-order valence-corrected chi connectivity index (χ1v) is 22.6. The Bertz CT molecular complexity index is 3430. The zero-order valence-electron chi connectivity index (χ0n) is 39.1. The Hall–Kier alpha value is -6.55. The number of aromatic hydroxyl groups is 1. The molecule has 0 fully saturated rings. The maximum Gasteiger partial charge on any atom is 0.148 e. The molecule has 7 aromatic carbocycles. The summed E-state index contributed by atoms with van der Waals surface area (Å²) in [6.07, 6.45) is 1.93. The van der Waals surface area contributed by atoms with Crippen LogP contribution in [0.3, 0.4) is 0 Å². The second-order valence-corrected chi connectivity index (χ2v) is 20.5. The van der Waals surface area contributed by atoms with Crippen LogP contribution in [0.15, 0.2) is 164 Å². The van der Waals surface area contributed by atoms with Crippen molar-refractivity contribution in [1.82, 2.24) is 19.1 Å². The van der Waals surface area contributed by atoms with Crippen LogP contribution in [-0.2, 0) is 37.3 Å². The summed E-state index contributed by atoms with van der Waals surface area (Å²) in [5.41, 5.74) is 15.4. The van der Waals surface area contributed by atoms with Gasteiger partial charge in [-0.1, -0.05) is 171 Å². The number of phenols is 1. The first-order valence-electron chi connectivity index (χ1n) is 22.6. The van der Waals surface area contributed by atoms with Crippen LogP contribution in [0, 0.1) is 6.07 Å². The molecule has 332 valence electrons. The van der Waals surface area contributed by atoms with Gasteiger partial charge in [-0.15, -0.1) is 29.3 Å². The van der Waals surface area contributed by atoms with Crippen LogP contribution in [0.25, 0.3) is 89.1 Å². The Balaban J connectivity index is 0.00000548. The van der Waals surface area contributed by atoms with E-state index in [1.165, 1.54) is 21.9 Å². The van der Waals surface area contributed by atoms with Crippen molar-refractivity contribution in [3.05, 3.63) is 187 Å². The number of imidazole rings is 1. The predicted molar refractivity (Wildman–Crippen MR) is 272 cm³/mol. The zero-order chi connectivity index (χ0) is 45.4. The van der Waals surface area contributed by atoms with Gasteiger partial charge >= 0.3 is 0 Å². The van der Waals surface area contributed by atoms with Crippen LogP contribution >= 0.6 is 0 Å². The summed E-state index contributed by atoms with van der Waals surface area (Å²) in [6.45, 7) is 19.9. The van der Waals surface area contributed by atoms with Crippen LogP contribution in [0.4, 0.5) is 0 Å². The third kappa shape index (κ3) is 7.88. The monoisotopic (exact) mass is 1040 g/mol. The average Bonchev–Trinajstić information content (AvgIpc) is 3.85. The van der Waals surface area contributed by atoms with Crippen LogP contribution in [-0.4, -0.2) is 24.2 Å². The molecule has 0 aliphatic rings. The van der Waals surface area contributed by atoms with Crippen molar-refractivity contribution >= 4 is 32.8 Å². The number of aromatic nitrogens is 4. The van der Waals surface area contributed by atoms with E-state index in [1.54, 1.807) is 0 Å². The molecular formula is C60H55N4OPt-. The van der Waals surface area contributed by atoms with E-state index in [0.717, 1.165) is 72.6 Å². The molecule has 0 spiro atoms. The maximum atomic E-state index is 12.2. The topological polar surface area (TPSA) is 55.9 Å². The van der Waals surface area contributed by atoms with Gasteiger partial charge in [0.25, 0.3) is 0 Å². The minimum Gasteiger partial charge on any atom is -0.507 e. The molecule has 3 heterocycles. The number of phenolic OH excluding ortho intramolecular Hbond substituents is 1. The molecule has 0 atom stereocenters. The van der Waals surface area contributed by atoms with Crippen LogP contribution in [0.5, 0.6) is 5.75 Å². The van der Waals surface area contributed by atoms with Gasteiger partial charge in [0.05, 0.1) is 27.6 Å². The van der Waals surface area contributed by atoms with Gasteiger partial charge in [-0.3, -0.25) is 9.55 Å². The van der Waals surface area contributed by atoms with Crippen molar-refractivity contribution in [3.63, 3.8) is 0 Å². The van der Waals surface area contributed by atoms with E-state index in [4.69, 9.17) is 9.97 Å². The fraction of sp³-hybridized carbons (Fsp3) is 0.200. The fourth-order valence-electron chi connectivity index (χ4n) is 9.27. The molecule has 10 aromatic rings. The number of nitrogens with zero attached hydrogens (tertiary/aromatic N) is 4.